The lowest BCUT2D eigenvalue weighted by molar-refractivity contribution is -0.134. The summed E-state index contributed by atoms with van der Waals surface area (Å²) in [6.07, 6.45) is 4.76. The molecule has 0 aliphatic carbocycles. The van der Waals surface area contributed by atoms with Crippen molar-refractivity contribution >= 4 is 23.2 Å². The Labute approximate surface area is 189 Å². The zero-order chi connectivity index (χ0) is 21.6. The van der Waals surface area contributed by atoms with Crippen molar-refractivity contribution in [3.8, 4) is 0 Å². The third kappa shape index (κ3) is 5.95. The van der Waals surface area contributed by atoms with Crippen LogP contribution in [0, 0.1) is 12.8 Å². The predicted octanol–water partition coefficient (Wildman–Crippen LogP) is 3.69. The molecule has 0 radical (unpaired) electrons. The van der Waals surface area contributed by atoms with E-state index in [1.54, 1.807) is 0 Å². The van der Waals surface area contributed by atoms with Gasteiger partial charge in [0.05, 0.1) is 11.4 Å². The van der Waals surface area contributed by atoms with Crippen LogP contribution in [0.4, 0.5) is 0 Å². The van der Waals surface area contributed by atoms with E-state index in [9.17, 15) is 9.59 Å². The van der Waals surface area contributed by atoms with Crippen LogP contribution in [-0.2, 0) is 11.2 Å². The van der Waals surface area contributed by atoms with Crippen molar-refractivity contribution in [3.05, 3.63) is 57.8 Å². The van der Waals surface area contributed by atoms with E-state index in [0.717, 1.165) is 30.3 Å². The Morgan fingerprint density at radius 1 is 0.935 bits per heavy atom. The molecule has 3 heterocycles. The standard InChI is InChI=1S/C25H33N3O2S/c1-20-4-6-21(7-5-20)8-9-22-10-12-26(13-11-22)19-24(29)27-14-16-28(17-15-27)25(30)23-3-2-18-31-23/h2-7,18,22H,8-17,19H2,1H3. The van der Waals surface area contributed by atoms with Crippen molar-refractivity contribution in [2.24, 2.45) is 5.92 Å². The van der Waals surface area contributed by atoms with E-state index in [1.807, 2.05) is 27.3 Å². The van der Waals surface area contributed by atoms with Gasteiger partial charge in [-0.2, -0.15) is 0 Å². The van der Waals surface area contributed by atoms with Gasteiger partial charge in [-0.15, -0.1) is 11.3 Å². The van der Waals surface area contributed by atoms with Gasteiger partial charge in [-0.05, 0) is 68.6 Å². The highest BCUT2D eigenvalue weighted by molar-refractivity contribution is 7.12. The number of hydrogen-bond acceptors (Lipinski definition) is 4. The Morgan fingerprint density at radius 3 is 2.26 bits per heavy atom. The molecule has 2 fully saturated rings. The number of carbonyl (C=O) groups excluding carboxylic acids is 2. The third-order valence-corrected chi connectivity index (χ3v) is 7.54. The Morgan fingerprint density at radius 2 is 1.61 bits per heavy atom. The molecule has 4 rings (SSSR count). The van der Waals surface area contributed by atoms with E-state index in [0.29, 0.717) is 32.7 Å². The second kappa shape index (κ2) is 10.4. The minimum Gasteiger partial charge on any atom is -0.338 e. The number of hydrogen-bond donors (Lipinski definition) is 0. The monoisotopic (exact) mass is 439 g/mol. The molecule has 2 saturated heterocycles. The van der Waals surface area contributed by atoms with E-state index in [1.165, 1.54) is 41.7 Å². The summed E-state index contributed by atoms with van der Waals surface area (Å²) in [4.78, 5) is 32.1. The van der Waals surface area contributed by atoms with Gasteiger partial charge in [0.2, 0.25) is 5.91 Å². The largest absolute Gasteiger partial charge is 0.338 e. The average molecular weight is 440 g/mol. The Bertz CT molecular complexity index is 849. The Balaban J connectivity index is 1.15. The summed E-state index contributed by atoms with van der Waals surface area (Å²) in [6, 6.07) is 12.7. The molecule has 2 aliphatic heterocycles. The third-order valence-electron chi connectivity index (χ3n) is 6.68. The second-order valence-corrected chi connectivity index (χ2v) is 9.84. The highest BCUT2D eigenvalue weighted by Crippen LogP contribution is 2.23. The first-order valence-electron chi connectivity index (χ1n) is 11.5. The highest BCUT2D eigenvalue weighted by atomic mass is 32.1. The number of benzene rings is 1. The van der Waals surface area contributed by atoms with Gasteiger partial charge in [-0.1, -0.05) is 35.9 Å². The number of likely N-dealkylation sites (tertiary alicyclic amines) is 1. The summed E-state index contributed by atoms with van der Waals surface area (Å²) in [7, 11) is 0. The first-order valence-corrected chi connectivity index (χ1v) is 12.3. The van der Waals surface area contributed by atoms with Gasteiger partial charge in [0.1, 0.15) is 0 Å². The minimum atomic E-state index is 0.0924. The maximum Gasteiger partial charge on any atom is 0.264 e. The molecule has 31 heavy (non-hydrogen) atoms. The molecule has 0 saturated carbocycles. The van der Waals surface area contributed by atoms with Gasteiger partial charge < -0.3 is 9.80 Å². The van der Waals surface area contributed by atoms with Crippen LogP contribution in [0.2, 0.25) is 0 Å². The quantitative estimate of drug-likeness (QED) is 0.690. The molecule has 6 heteroatoms. The molecular weight excluding hydrogens is 406 g/mol. The molecule has 1 aromatic carbocycles. The average Bonchev–Trinajstić information content (AvgIpc) is 3.34. The smallest absolute Gasteiger partial charge is 0.264 e. The van der Waals surface area contributed by atoms with Crippen LogP contribution in [0.15, 0.2) is 41.8 Å². The van der Waals surface area contributed by atoms with Gasteiger partial charge in [-0.25, -0.2) is 0 Å². The first-order chi connectivity index (χ1) is 15.1. The summed E-state index contributed by atoms with van der Waals surface area (Å²) in [5.74, 6) is 1.07. The molecule has 166 valence electrons. The highest BCUT2D eigenvalue weighted by Gasteiger charge is 2.27. The van der Waals surface area contributed by atoms with Crippen molar-refractivity contribution in [3.63, 3.8) is 0 Å². The Kier molecular flexibility index (Phi) is 7.41. The minimum absolute atomic E-state index is 0.0924. The van der Waals surface area contributed by atoms with Crippen LogP contribution in [0.25, 0.3) is 0 Å². The summed E-state index contributed by atoms with van der Waals surface area (Å²) < 4.78 is 0. The maximum absolute atomic E-state index is 12.8. The second-order valence-electron chi connectivity index (χ2n) is 8.89. The molecule has 2 aliphatic rings. The van der Waals surface area contributed by atoms with Crippen LogP contribution in [0.1, 0.15) is 40.1 Å². The number of aryl methyl sites for hydroxylation is 2. The molecule has 5 nitrogen and oxygen atoms in total. The molecule has 1 aromatic heterocycles. The molecule has 2 amide bonds. The van der Waals surface area contributed by atoms with Crippen LogP contribution in [-0.4, -0.2) is 72.3 Å². The summed E-state index contributed by atoms with van der Waals surface area (Å²) >= 11 is 1.48. The summed E-state index contributed by atoms with van der Waals surface area (Å²) in [6.45, 7) is 7.22. The van der Waals surface area contributed by atoms with E-state index >= 15 is 0 Å². The zero-order valence-electron chi connectivity index (χ0n) is 18.5. The molecule has 2 aromatic rings. The van der Waals surface area contributed by atoms with Crippen molar-refractivity contribution in [1.29, 1.82) is 0 Å². The van der Waals surface area contributed by atoms with Gasteiger partial charge in [0, 0.05) is 26.2 Å². The summed E-state index contributed by atoms with van der Waals surface area (Å²) in [5.41, 5.74) is 2.75. The van der Waals surface area contributed by atoms with Crippen LogP contribution < -0.4 is 0 Å². The number of thiophene rings is 1. The lowest BCUT2D eigenvalue weighted by Crippen LogP contribution is -2.53. The van der Waals surface area contributed by atoms with Crippen molar-refractivity contribution in [2.45, 2.75) is 32.6 Å². The number of piperidine rings is 1. The number of carbonyl (C=O) groups is 2. The normalized spacial score (nSPS) is 18.4. The SMILES string of the molecule is Cc1ccc(CCC2CCN(CC(=O)N3CCN(C(=O)c4cccs4)CC3)CC2)cc1. The van der Waals surface area contributed by atoms with E-state index in [-0.39, 0.29) is 11.8 Å². The van der Waals surface area contributed by atoms with Gasteiger partial charge in [-0.3, -0.25) is 14.5 Å². The van der Waals surface area contributed by atoms with Gasteiger partial charge in [0.15, 0.2) is 0 Å². The van der Waals surface area contributed by atoms with Crippen LogP contribution in [0.5, 0.6) is 0 Å². The molecule has 0 bridgehead atoms. The van der Waals surface area contributed by atoms with Crippen LogP contribution >= 0.6 is 11.3 Å². The fraction of sp³-hybridized carbons (Fsp3) is 0.520. The maximum atomic E-state index is 12.8. The topological polar surface area (TPSA) is 43.9 Å². The zero-order valence-corrected chi connectivity index (χ0v) is 19.3. The fourth-order valence-electron chi connectivity index (χ4n) is 4.57. The van der Waals surface area contributed by atoms with Crippen LogP contribution in [0.3, 0.4) is 0 Å². The predicted molar refractivity (Wildman–Crippen MR) is 125 cm³/mol. The molecule has 0 unspecified atom stereocenters. The van der Waals surface area contributed by atoms with E-state index < -0.39 is 0 Å². The number of amides is 2. The van der Waals surface area contributed by atoms with Crippen molar-refractivity contribution in [2.75, 3.05) is 45.8 Å². The molecule has 0 atom stereocenters. The van der Waals surface area contributed by atoms with Gasteiger partial charge >= 0.3 is 0 Å². The first kappa shape index (κ1) is 22.0. The van der Waals surface area contributed by atoms with E-state index in [2.05, 4.69) is 36.1 Å². The number of nitrogens with zero attached hydrogens (tertiary/aromatic N) is 3. The van der Waals surface area contributed by atoms with E-state index in [4.69, 9.17) is 0 Å². The molecule has 0 N–H and O–H groups in total. The number of piperazine rings is 1. The lowest BCUT2D eigenvalue weighted by atomic mass is 9.90. The lowest BCUT2D eigenvalue weighted by Gasteiger charge is -2.37. The van der Waals surface area contributed by atoms with Gasteiger partial charge in [0.25, 0.3) is 5.91 Å². The van der Waals surface area contributed by atoms with Crippen molar-refractivity contribution < 1.29 is 9.59 Å². The Hall–Kier alpha value is -2.18. The number of rotatable bonds is 6. The molecular formula is C25H33N3O2S. The fourth-order valence-corrected chi connectivity index (χ4v) is 5.26. The molecule has 0 spiro atoms. The van der Waals surface area contributed by atoms with Crippen molar-refractivity contribution in [1.82, 2.24) is 14.7 Å². The summed E-state index contributed by atoms with van der Waals surface area (Å²) in [5, 5.41) is 1.93.